The molecule has 6 nitrogen and oxygen atoms in total. The maximum absolute atomic E-state index is 13.3. The second kappa shape index (κ2) is 7.98. The molecule has 0 saturated heterocycles. The third kappa shape index (κ3) is 4.75. The number of nitrogens with zero attached hydrogens (tertiary/aromatic N) is 2. The second-order valence-electron chi connectivity index (χ2n) is 5.43. The lowest BCUT2D eigenvalue weighted by Gasteiger charge is -2.13. The largest absolute Gasteiger partial charge is 0.434 e. The second-order valence-corrected chi connectivity index (χ2v) is 8.20. The smallest absolute Gasteiger partial charge is 0.403 e. The van der Waals surface area contributed by atoms with E-state index in [0.29, 0.717) is 12.5 Å². The van der Waals surface area contributed by atoms with Crippen LogP contribution in [0.5, 0.6) is 0 Å². The molecule has 150 valence electrons. The molecule has 0 spiro atoms. The van der Waals surface area contributed by atoms with Crippen molar-refractivity contribution in [3.8, 4) is 5.69 Å². The summed E-state index contributed by atoms with van der Waals surface area (Å²) in [5.41, 5.74) is 2.88. The van der Waals surface area contributed by atoms with Crippen molar-refractivity contribution >= 4 is 44.4 Å². The quantitative estimate of drug-likeness (QED) is 0.715. The van der Waals surface area contributed by atoms with Gasteiger partial charge in [0.1, 0.15) is 9.93 Å². The highest BCUT2D eigenvalue weighted by atomic mass is 35.5. The average molecular weight is 454 g/mol. The maximum atomic E-state index is 13.3. The summed E-state index contributed by atoms with van der Waals surface area (Å²) in [7, 11) is -4.27. The van der Waals surface area contributed by atoms with Gasteiger partial charge in [0.25, 0.3) is 5.56 Å². The van der Waals surface area contributed by atoms with Crippen LogP contribution in [-0.4, -0.2) is 31.1 Å². The Morgan fingerprint density at radius 1 is 1.18 bits per heavy atom. The molecule has 0 amide bonds. The Morgan fingerprint density at radius 3 is 2.21 bits per heavy atom. The van der Waals surface area contributed by atoms with E-state index in [1.165, 1.54) is 36.5 Å². The SMILES string of the molecule is CS(=O)(=O)C(=CN)C(=Nc1ccc(-n2ccc(Cl)c(Cl)c2=O)cc1)C(F)(F)F. The minimum atomic E-state index is -5.06. The fraction of sp³-hybridized carbons (Fsp3) is 0.125. The van der Waals surface area contributed by atoms with Gasteiger partial charge in [0.05, 0.1) is 10.7 Å². The summed E-state index contributed by atoms with van der Waals surface area (Å²) in [5.74, 6) is 0. The molecular formula is C16H12Cl2F3N3O3S. The van der Waals surface area contributed by atoms with Gasteiger partial charge in [-0.2, -0.15) is 13.2 Å². The number of rotatable bonds is 4. The maximum Gasteiger partial charge on any atom is 0.434 e. The van der Waals surface area contributed by atoms with E-state index in [1.54, 1.807) is 0 Å². The first-order valence-electron chi connectivity index (χ1n) is 7.31. The molecule has 0 aliphatic heterocycles. The van der Waals surface area contributed by atoms with Crippen molar-refractivity contribution < 1.29 is 21.6 Å². The zero-order valence-electron chi connectivity index (χ0n) is 14.0. The van der Waals surface area contributed by atoms with Crippen molar-refractivity contribution in [3.05, 3.63) is 68.0 Å². The fourth-order valence-corrected chi connectivity index (χ4v) is 3.20. The van der Waals surface area contributed by atoms with E-state index < -0.39 is 32.2 Å². The lowest BCUT2D eigenvalue weighted by atomic mass is 10.2. The Labute approximate surface area is 167 Å². The van der Waals surface area contributed by atoms with E-state index in [2.05, 4.69) is 4.99 Å². The van der Waals surface area contributed by atoms with Crippen LogP contribution in [0.4, 0.5) is 18.9 Å². The molecule has 1 aromatic heterocycles. The van der Waals surface area contributed by atoms with Crippen LogP contribution < -0.4 is 11.3 Å². The fourth-order valence-electron chi connectivity index (χ4n) is 2.15. The number of benzene rings is 1. The Bertz CT molecular complexity index is 1120. The van der Waals surface area contributed by atoms with Crippen LogP contribution >= 0.6 is 23.2 Å². The highest BCUT2D eigenvalue weighted by Gasteiger charge is 2.41. The molecule has 0 unspecified atom stereocenters. The number of halogens is 5. The Hall–Kier alpha value is -2.30. The number of aromatic nitrogens is 1. The number of allylic oxidation sites excluding steroid dienone is 1. The van der Waals surface area contributed by atoms with Crippen molar-refractivity contribution in [1.82, 2.24) is 4.57 Å². The molecule has 28 heavy (non-hydrogen) atoms. The molecule has 2 N–H and O–H groups in total. The molecule has 2 aromatic rings. The molecule has 2 rings (SSSR count). The molecule has 0 radical (unpaired) electrons. The van der Waals surface area contributed by atoms with E-state index in [9.17, 15) is 26.4 Å². The molecular weight excluding hydrogens is 442 g/mol. The predicted molar refractivity (Wildman–Crippen MR) is 102 cm³/mol. The van der Waals surface area contributed by atoms with Crippen LogP contribution in [-0.2, 0) is 9.84 Å². The van der Waals surface area contributed by atoms with Gasteiger partial charge in [-0.05, 0) is 30.3 Å². The van der Waals surface area contributed by atoms with Crippen LogP contribution in [0, 0.1) is 0 Å². The highest BCUT2D eigenvalue weighted by Crippen LogP contribution is 2.28. The Balaban J connectivity index is 2.54. The Morgan fingerprint density at radius 2 is 1.75 bits per heavy atom. The third-order valence-electron chi connectivity index (χ3n) is 3.41. The summed E-state index contributed by atoms with van der Waals surface area (Å²) in [6, 6.07) is 6.35. The molecule has 1 aromatic carbocycles. The van der Waals surface area contributed by atoms with Gasteiger partial charge in [0.15, 0.2) is 15.5 Å². The molecule has 0 aliphatic rings. The van der Waals surface area contributed by atoms with E-state index in [1.807, 2.05) is 0 Å². The standard InChI is InChI=1S/C16H12Cl2F3N3O3S/c1-28(26,27)12(8-22)14(16(19,20)21)23-9-2-4-10(5-3-9)24-7-6-11(17)13(18)15(24)25/h2-8H,22H2,1H3. The number of aliphatic imine (C=N–C) groups is 1. The number of sulfone groups is 1. The van der Waals surface area contributed by atoms with Gasteiger partial charge in [-0.3, -0.25) is 9.36 Å². The zero-order valence-corrected chi connectivity index (χ0v) is 16.4. The first-order chi connectivity index (χ1) is 12.9. The van der Waals surface area contributed by atoms with E-state index in [0.717, 1.165) is 4.57 Å². The molecule has 0 saturated carbocycles. The van der Waals surface area contributed by atoms with Crippen molar-refractivity contribution in [1.29, 1.82) is 0 Å². The number of nitrogens with two attached hydrogens (primary N) is 1. The normalized spacial score (nSPS) is 13.6. The molecule has 0 bridgehead atoms. The predicted octanol–water partition coefficient (Wildman–Crippen LogP) is 3.62. The Kier molecular flexibility index (Phi) is 6.27. The van der Waals surface area contributed by atoms with Crippen LogP contribution in [0.25, 0.3) is 5.69 Å². The van der Waals surface area contributed by atoms with Crippen LogP contribution in [0.2, 0.25) is 10.0 Å². The molecule has 12 heteroatoms. The number of pyridine rings is 1. The van der Waals surface area contributed by atoms with Gasteiger partial charge in [-0.25, -0.2) is 13.4 Å². The van der Waals surface area contributed by atoms with E-state index in [4.69, 9.17) is 28.9 Å². The van der Waals surface area contributed by atoms with Crippen LogP contribution in [0.1, 0.15) is 0 Å². The van der Waals surface area contributed by atoms with Gasteiger partial charge < -0.3 is 5.73 Å². The lowest BCUT2D eigenvalue weighted by molar-refractivity contribution is -0.0578. The highest BCUT2D eigenvalue weighted by molar-refractivity contribution is 7.95. The number of alkyl halides is 3. The van der Waals surface area contributed by atoms with Crippen molar-refractivity contribution in [2.75, 3.05) is 6.26 Å². The summed E-state index contributed by atoms with van der Waals surface area (Å²) >= 11 is 11.5. The average Bonchev–Trinajstić information content (AvgIpc) is 2.58. The van der Waals surface area contributed by atoms with E-state index >= 15 is 0 Å². The molecule has 0 aliphatic carbocycles. The topological polar surface area (TPSA) is 94.5 Å². The third-order valence-corrected chi connectivity index (χ3v) is 5.31. The van der Waals surface area contributed by atoms with Crippen LogP contribution in [0.15, 0.2) is 57.4 Å². The summed E-state index contributed by atoms with van der Waals surface area (Å²) in [5, 5.41) is -0.155. The summed E-state index contributed by atoms with van der Waals surface area (Å²) in [6.07, 6.45) is -2.79. The van der Waals surface area contributed by atoms with Crippen molar-refractivity contribution in [2.24, 2.45) is 10.7 Å². The molecule has 0 fully saturated rings. The summed E-state index contributed by atoms with van der Waals surface area (Å²) < 4.78 is 64.2. The monoisotopic (exact) mass is 453 g/mol. The summed E-state index contributed by atoms with van der Waals surface area (Å²) in [6.45, 7) is 0. The summed E-state index contributed by atoms with van der Waals surface area (Å²) in [4.78, 5) is 14.3. The first-order valence-corrected chi connectivity index (χ1v) is 9.96. The lowest BCUT2D eigenvalue weighted by Crippen LogP contribution is -2.29. The van der Waals surface area contributed by atoms with Gasteiger partial charge in [-0.1, -0.05) is 23.2 Å². The first kappa shape index (κ1) is 22.0. The zero-order chi connectivity index (χ0) is 21.3. The van der Waals surface area contributed by atoms with Gasteiger partial charge in [0.2, 0.25) is 0 Å². The van der Waals surface area contributed by atoms with E-state index in [-0.39, 0.29) is 21.4 Å². The van der Waals surface area contributed by atoms with Gasteiger partial charge >= 0.3 is 6.18 Å². The van der Waals surface area contributed by atoms with Gasteiger partial charge in [-0.15, -0.1) is 0 Å². The molecule has 0 atom stereocenters. The minimum absolute atomic E-state index is 0.0563. The molecule has 1 heterocycles. The van der Waals surface area contributed by atoms with Gasteiger partial charge in [0, 0.05) is 24.3 Å². The minimum Gasteiger partial charge on any atom is -0.403 e. The number of hydrogen-bond donors (Lipinski definition) is 1. The van der Waals surface area contributed by atoms with Crippen molar-refractivity contribution in [3.63, 3.8) is 0 Å². The number of hydrogen-bond acceptors (Lipinski definition) is 5. The van der Waals surface area contributed by atoms with Crippen molar-refractivity contribution in [2.45, 2.75) is 6.18 Å². The van der Waals surface area contributed by atoms with Crippen LogP contribution in [0.3, 0.4) is 0 Å².